The van der Waals surface area contributed by atoms with Crippen LogP contribution in [0, 0.1) is 0 Å². The summed E-state index contributed by atoms with van der Waals surface area (Å²) in [6, 6.07) is 10.3. The van der Waals surface area contributed by atoms with Crippen LogP contribution in [0.25, 0.3) is 0 Å². The van der Waals surface area contributed by atoms with E-state index < -0.39 is 0 Å². The predicted molar refractivity (Wildman–Crippen MR) is 91.1 cm³/mol. The van der Waals surface area contributed by atoms with Crippen molar-refractivity contribution in [3.05, 3.63) is 30.3 Å². The van der Waals surface area contributed by atoms with Crippen LogP contribution in [-0.2, 0) is 14.4 Å². The van der Waals surface area contributed by atoms with Crippen molar-refractivity contribution in [1.29, 1.82) is 0 Å². The van der Waals surface area contributed by atoms with Gasteiger partial charge in [0.05, 0.1) is 12.6 Å². The van der Waals surface area contributed by atoms with Crippen LogP contribution < -0.4 is 10.2 Å². The van der Waals surface area contributed by atoms with Crippen LogP contribution in [0.15, 0.2) is 35.5 Å². The number of rotatable bonds is 4. The summed E-state index contributed by atoms with van der Waals surface area (Å²) in [7, 11) is 0. The molecule has 4 rings (SSSR count). The smallest absolute Gasteiger partial charge is 0.269 e. The maximum absolute atomic E-state index is 12.3. The van der Waals surface area contributed by atoms with Crippen molar-refractivity contribution >= 4 is 17.3 Å². The number of nitrogens with one attached hydrogen (secondary N) is 1. The fourth-order valence-electron chi connectivity index (χ4n) is 3.68. The quantitative estimate of drug-likeness (QED) is 0.913. The van der Waals surface area contributed by atoms with Crippen molar-refractivity contribution in [3.8, 4) is 0 Å². The zero-order valence-electron chi connectivity index (χ0n) is 13.7. The highest BCUT2D eigenvalue weighted by Gasteiger charge is 2.46. The summed E-state index contributed by atoms with van der Waals surface area (Å²) in [5.74, 6) is -0.125. The molecule has 24 heavy (non-hydrogen) atoms. The third-order valence-corrected chi connectivity index (χ3v) is 5.05. The molecule has 2 atom stereocenters. The molecule has 0 radical (unpaired) electrons. The molecule has 2 fully saturated rings. The Morgan fingerprint density at radius 3 is 3.04 bits per heavy atom. The van der Waals surface area contributed by atoms with Crippen LogP contribution in [-0.4, -0.2) is 49.6 Å². The highest BCUT2D eigenvalue weighted by atomic mass is 16.7. The van der Waals surface area contributed by atoms with Gasteiger partial charge in [0.2, 0.25) is 0 Å². The van der Waals surface area contributed by atoms with Gasteiger partial charge in [0.25, 0.3) is 5.91 Å². The molecule has 0 saturated carbocycles. The lowest BCUT2D eigenvalue weighted by Crippen LogP contribution is -2.39. The molecule has 6 nitrogen and oxygen atoms in total. The fraction of sp³-hybridized carbons (Fsp3) is 0.556. The summed E-state index contributed by atoms with van der Waals surface area (Å²) >= 11 is 0. The highest BCUT2D eigenvalue weighted by Crippen LogP contribution is 2.36. The first kappa shape index (κ1) is 15.4. The van der Waals surface area contributed by atoms with Gasteiger partial charge in [-0.2, -0.15) is 0 Å². The first-order valence-electron chi connectivity index (χ1n) is 8.69. The second-order valence-electron chi connectivity index (χ2n) is 6.84. The minimum atomic E-state index is -0.355. The van der Waals surface area contributed by atoms with Crippen molar-refractivity contribution in [2.24, 2.45) is 5.16 Å². The Labute approximate surface area is 141 Å². The largest absolute Gasteiger partial charge is 0.386 e. The second kappa shape index (κ2) is 6.43. The topological polar surface area (TPSA) is 63.2 Å². The van der Waals surface area contributed by atoms with Crippen LogP contribution >= 0.6 is 0 Å². The Morgan fingerprint density at radius 2 is 2.25 bits per heavy atom. The third kappa shape index (κ3) is 3.11. The minimum Gasteiger partial charge on any atom is -0.386 e. The van der Waals surface area contributed by atoms with Crippen LogP contribution in [0.2, 0.25) is 0 Å². The van der Waals surface area contributed by atoms with E-state index in [9.17, 15) is 4.79 Å². The average Bonchev–Trinajstić information content (AvgIpc) is 3.36. The Bertz CT molecular complexity index is 628. The van der Waals surface area contributed by atoms with Crippen molar-refractivity contribution in [1.82, 2.24) is 5.32 Å². The van der Waals surface area contributed by atoms with Crippen molar-refractivity contribution < 1.29 is 14.4 Å². The third-order valence-electron chi connectivity index (χ3n) is 5.05. The fourth-order valence-corrected chi connectivity index (χ4v) is 3.68. The monoisotopic (exact) mass is 329 g/mol. The molecule has 1 aromatic rings. The SMILES string of the molecule is O=C(NC[C@@H]1CCCO1)C1=NO[C@@]2(CCN(c3ccccc3)C2)C1. The molecule has 0 unspecified atom stereocenters. The summed E-state index contributed by atoms with van der Waals surface area (Å²) in [5.41, 5.74) is 1.34. The predicted octanol–water partition coefficient (Wildman–Crippen LogP) is 1.71. The molecule has 3 aliphatic heterocycles. The maximum atomic E-state index is 12.3. The second-order valence-corrected chi connectivity index (χ2v) is 6.84. The van der Waals surface area contributed by atoms with E-state index in [2.05, 4.69) is 27.5 Å². The molecule has 0 aromatic heterocycles. The molecule has 3 heterocycles. The van der Waals surface area contributed by atoms with E-state index in [0.29, 0.717) is 18.7 Å². The molecule has 128 valence electrons. The minimum absolute atomic E-state index is 0.125. The number of hydrogen-bond donors (Lipinski definition) is 1. The first-order valence-corrected chi connectivity index (χ1v) is 8.69. The van der Waals surface area contributed by atoms with Gasteiger partial charge in [0.15, 0.2) is 5.60 Å². The van der Waals surface area contributed by atoms with Gasteiger partial charge in [-0.25, -0.2) is 0 Å². The number of carbonyl (C=O) groups is 1. The van der Waals surface area contributed by atoms with Crippen molar-refractivity contribution in [2.75, 3.05) is 31.1 Å². The van der Waals surface area contributed by atoms with Gasteiger partial charge in [-0.1, -0.05) is 23.4 Å². The lowest BCUT2D eigenvalue weighted by molar-refractivity contribution is -0.115. The number of anilines is 1. The summed E-state index contributed by atoms with van der Waals surface area (Å²) < 4.78 is 5.53. The summed E-state index contributed by atoms with van der Waals surface area (Å²) in [6.07, 6.45) is 3.69. The van der Waals surface area contributed by atoms with Gasteiger partial charge in [0, 0.05) is 38.2 Å². The van der Waals surface area contributed by atoms with Gasteiger partial charge in [-0.15, -0.1) is 0 Å². The normalized spacial score (nSPS) is 28.9. The standard InChI is InChI=1S/C18H23N3O3/c22-17(19-12-15-7-4-10-23-15)16-11-18(24-20-16)8-9-21(13-18)14-5-2-1-3-6-14/h1-3,5-6,15H,4,7-13H2,(H,19,22)/t15-,18-/m0/s1. The molecule has 6 heteroatoms. The Balaban J connectivity index is 1.31. The molecule has 1 aromatic carbocycles. The molecular weight excluding hydrogens is 306 g/mol. The number of amides is 1. The van der Waals surface area contributed by atoms with E-state index in [4.69, 9.17) is 9.57 Å². The van der Waals surface area contributed by atoms with E-state index in [-0.39, 0.29) is 17.6 Å². The molecule has 1 amide bonds. The lowest BCUT2D eigenvalue weighted by atomic mass is 9.96. The first-order chi connectivity index (χ1) is 11.7. The van der Waals surface area contributed by atoms with Crippen molar-refractivity contribution in [2.45, 2.75) is 37.4 Å². The molecule has 1 spiro atoms. The van der Waals surface area contributed by atoms with E-state index in [0.717, 1.165) is 39.0 Å². The Hall–Kier alpha value is -2.08. The molecule has 3 aliphatic rings. The van der Waals surface area contributed by atoms with E-state index >= 15 is 0 Å². The summed E-state index contributed by atoms with van der Waals surface area (Å²) in [5, 5.41) is 7.01. The lowest BCUT2D eigenvalue weighted by Gasteiger charge is -2.22. The number of benzene rings is 1. The number of hydrogen-bond acceptors (Lipinski definition) is 5. The van der Waals surface area contributed by atoms with Crippen LogP contribution in [0.1, 0.15) is 25.7 Å². The highest BCUT2D eigenvalue weighted by molar-refractivity contribution is 6.39. The van der Waals surface area contributed by atoms with Gasteiger partial charge >= 0.3 is 0 Å². The van der Waals surface area contributed by atoms with E-state index in [1.807, 2.05) is 18.2 Å². The Morgan fingerprint density at radius 1 is 1.38 bits per heavy atom. The summed E-state index contributed by atoms with van der Waals surface area (Å²) in [6.45, 7) is 3.04. The molecule has 2 saturated heterocycles. The van der Waals surface area contributed by atoms with Gasteiger partial charge < -0.3 is 19.8 Å². The molecule has 0 bridgehead atoms. The number of para-hydroxylation sites is 1. The zero-order chi connectivity index (χ0) is 16.4. The maximum Gasteiger partial charge on any atom is 0.269 e. The Kier molecular flexibility index (Phi) is 4.14. The molecular formula is C18H23N3O3. The van der Waals surface area contributed by atoms with Crippen LogP contribution in [0.5, 0.6) is 0 Å². The van der Waals surface area contributed by atoms with Crippen molar-refractivity contribution in [3.63, 3.8) is 0 Å². The van der Waals surface area contributed by atoms with E-state index in [1.54, 1.807) is 0 Å². The number of carbonyl (C=O) groups excluding carboxylic acids is 1. The van der Waals surface area contributed by atoms with Gasteiger partial charge in [-0.3, -0.25) is 4.79 Å². The average molecular weight is 329 g/mol. The van der Waals surface area contributed by atoms with Crippen LogP contribution in [0.4, 0.5) is 5.69 Å². The van der Waals surface area contributed by atoms with E-state index in [1.165, 1.54) is 5.69 Å². The van der Waals surface area contributed by atoms with Crippen LogP contribution in [0.3, 0.4) is 0 Å². The number of ether oxygens (including phenoxy) is 1. The summed E-state index contributed by atoms with van der Waals surface area (Å²) in [4.78, 5) is 20.3. The number of nitrogens with zero attached hydrogens (tertiary/aromatic N) is 2. The molecule has 1 N–H and O–H groups in total. The van der Waals surface area contributed by atoms with Gasteiger partial charge in [-0.05, 0) is 25.0 Å². The molecule has 0 aliphatic carbocycles. The zero-order valence-corrected chi connectivity index (χ0v) is 13.7. The number of oxime groups is 1. The van der Waals surface area contributed by atoms with Gasteiger partial charge in [0.1, 0.15) is 5.71 Å².